The van der Waals surface area contributed by atoms with Gasteiger partial charge in [0.05, 0.1) is 10.6 Å². The predicted octanol–water partition coefficient (Wildman–Crippen LogP) is 2.64. The summed E-state index contributed by atoms with van der Waals surface area (Å²) in [6.07, 6.45) is 3.15. The van der Waals surface area contributed by atoms with Crippen molar-refractivity contribution in [1.82, 2.24) is 9.29 Å². The lowest BCUT2D eigenvalue weighted by molar-refractivity contribution is 0.0696. The summed E-state index contributed by atoms with van der Waals surface area (Å²) in [4.78, 5) is 14.7. The number of halogens is 1. The molecule has 1 heterocycles. The van der Waals surface area contributed by atoms with Crippen LogP contribution in [0.15, 0.2) is 47.6 Å². The molecule has 0 aliphatic heterocycles. The molecule has 2 rings (SSSR count). The summed E-state index contributed by atoms with van der Waals surface area (Å²) in [6, 6.07) is 7.05. The SMILES string of the molecule is CCN(Cc1ccncc1)S(=O)(=O)c1cc(C(=O)O)ccc1Cl. The first-order valence-corrected chi connectivity index (χ1v) is 8.60. The lowest BCUT2D eigenvalue weighted by Gasteiger charge is -2.21. The van der Waals surface area contributed by atoms with E-state index in [1.807, 2.05) is 0 Å². The number of pyridine rings is 1. The van der Waals surface area contributed by atoms with Gasteiger partial charge in [-0.15, -0.1) is 0 Å². The smallest absolute Gasteiger partial charge is 0.335 e. The topological polar surface area (TPSA) is 87.6 Å². The minimum atomic E-state index is -3.92. The second-order valence-corrected chi connectivity index (χ2v) is 7.05. The van der Waals surface area contributed by atoms with E-state index >= 15 is 0 Å². The van der Waals surface area contributed by atoms with E-state index in [-0.39, 0.29) is 28.6 Å². The summed E-state index contributed by atoms with van der Waals surface area (Å²) in [6.45, 7) is 2.07. The molecule has 0 radical (unpaired) electrons. The zero-order chi connectivity index (χ0) is 17.0. The van der Waals surface area contributed by atoms with Crippen LogP contribution in [0, 0.1) is 0 Å². The van der Waals surface area contributed by atoms with Gasteiger partial charge in [0.1, 0.15) is 4.90 Å². The van der Waals surface area contributed by atoms with E-state index in [9.17, 15) is 13.2 Å². The molecule has 0 aliphatic rings. The largest absolute Gasteiger partial charge is 0.478 e. The normalized spacial score (nSPS) is 11.6. The van der Waals surface area contributed by atoms with Gasteiger partial charge in [-0.1, -0.05) is 18.5 Å². The molecule has 2 aromatic rings. The Morgan fingerprint density at radius 2 is 1.91 bits per heavy atom. The highest BCUT2D eigenvalue weighted by Gasteiger charge is 2.26. The maximum Gasteiger partial charge on any atom is 0.335 e. The third kappa shape index (κ3) is 3.87. The molecule has 1 N–H and O–H groups in total. The van der Waals surface area contributed by atoms with Crippen LogP contribution in [0.5, 0.6) is 0 Å². The molecule has 0 fully saturated rings. The maximum absolute atomic E-state index is 12.8. The number of hydrogen-bond acceptors (Lipinski definition) is 4. The van der Waals surface area contributed by atoms with Gasteiger partial charge < -0.3 is 5.11 Å². The standard InChI is InChI=1S/C15H15ClN2O4S/c1-2-18(10-11-5-7-17-8-6-11)23(21,22)14-9-12(15(19)20)3-4-13(14)16/h3-9H,2,10H2,1H3,(H,19,20). The summed E-state index contributed by atoms with van der Waals surface area (Å²) < 4.78 is 26.8. The van der Waals surface area contributed by atoms with Gasteiger partial charge in [0.2, 0.25) is 10.0 Å². The molecule has 6 nitrogen and oxygen atoms in total. The molecule has 0 atom stereocenters. The number of benzene rings is 1. The molecule has 8 heteroatoms. The van der Waals surface area contributed by atoms with Crippen LogP contribution in [0.1, 0.15) is 22.8 Å². The molecule has 0 amide bonds. The fraction of sp³-hybridized carbons (Fsp3) is 0.200. The van der Waals surface area contributed by atoms with Crippen molar-refractivity contribution < 1.29 is 18.3 Å². The summed E-state index contributed by atoms with van der Waals surface area (Å²) in [5, 5.41) is 9.03. The van der Waals surface area contributed by atoms with E-state index in [1.165, 1.54) is 16.4 Å². The summed E-state index contributed by atoms with van der Waals surface area (Å²) in [5.74, 6) is -1.21. The molecule has 122 valence electrons. The van der Waals surface area contributed by atoms with Gasteiger partial charge in [0.15, 0.2) is 0 Å². The predicted molar refractivity (Wildman–Crippen MR) is 85.9 cm³/mol. The summed E-state index contributed by atoms with van der Waals surface area (Å²) >= 11 is 5.98. The molecular formula is C15H15ClN2O4S. The fourth-order valence-corrected chi connectivity index (χ4v) is 3.97. The zero-order valence-electron chi connectivity index (χ0n) is 12.3. The number of hydrogen-bond donors (Lipinski definition) is 1. The highest BCUT2D eigenvalue weighted by atomic mass is 35.5. The maximum atomic E-state index is 12.8. The Balaban J connectivity index is 2.43. The van der Waals surface area contributed by atoms with Gasteiger partial charge in [-0.2, -0.15) is 4.31 Å². The van der Waals surface area contributed by atoms with Gasteiger partial charge in [-0.3, -0.25) is 4.98 Å². The lowest BCUT2D eigenvalue weighted by atomic mass is 10.2. The van der Waals surface area contributed by atoms with Crippen LogP contribution < -0.4 is 0 Å². The van der Waals surface area contributed by atoms with Crippen molar-refractivity contribution in [3.05, 3.63) is 58.9 Å². The van der Waals surface area contributed by atoms with Crippen molar-refractivity contribution in [2.45, 2.75) is 18.4 Å². The number of aromatic carboxylic acids is 1. The number of rotatable bonds is 6. The highest BCUT2D eigenvalue weighted by Crippen LogP contribution is 2.27. The van der Waals surface area contributed by atoms with Gasteiger partial charge in [0, 0.05) is 25.5 Å². The minimum absolute atomic E-state index is 0.0109. The second kappa shape index (κ2) is 7.08. The van der Waals surface area contributed by atoms with Crippen LogP contribution in [0.3, 0.4) is 0 Å². The third-order valence-electron chi connectivity index (χ3n) is 3.26. The quantitative estimate of drug-likeness (QED) is 0.861. The Labute approximate surface area is 139 Å². The Morgan fingerprint density at radius 1 is 1.26 bits per heavy atom. The monoisotopic (exact) mass is 354 g/mol. The number of carbonyl (C=O) groups is 1. The molecule has 0 aliphatic carbocycles. The van der Waals surface area contributed by atoms with Crippen LogP contribution in [0.4, 0.5) is 0 Å². The molecule has 1 aromatic heterocycles. The average Bonchev–Trinajstić information content (AvgIpc) is 2.53. The van der Waals surface area contributed by atoms with Crippen molar-refractivity contribution in [1.29, 1.82) is 0 Å². The summed E-state index contributed by atoms with van der Waals surface area (Å²) in [5.41, 5.74) is 0.642. The fourth-order valence-electron chi connectivity index (χ4n) is 2.03. The molecule has 1 aromatic carbocycles. The molecule has 0 spiro atoms. The zero-order valence-corrected chi connectivity index (χ0v) is 13.9. The Kier molecular flexibility index (Phi) is 5.35. The number of nitrogens with zero attached hydrogens (tertiary/aromatic N) is 2. The Morgan fingerprint density at radius 3 is 2.48 bits per heavy atom. The van der Waals surface area contributed by atoms with Crippen LogP contribution >= 0.6 is 11.6 Å². The van der Waals surface area contributed by atoms with E-state index in [2.05, 4.69) is 4.98 Å². The molecule has 0 saturated heterocycles. The van der Waals surface area contributed by atoms with E-state index in [1.54, 1.807) is 31.5 Å². The number of sulfonamides is 1. The number of carboxylic acids is 1. The lowest BCUT2D eigenvalue weighted by Crippen LogP contribution is -2.30. The van der Waals surface area contributed by atoms with Crippen molar-refractivity contribution in [3.63, 3.8) is 0 Å². The van der Waals surface area contributed by atoms with E-state index in [4.69, 9.17) is 16.7 Å². The number of carboxylic acid groups (broad SMARTS) is 1. The molecule has 0 bridgehead atoms. The first kappa shape index (κ1) is 17.4. The number of aromatic nitrogens is 1. The van der Waals surface area contributed by atoms with Crippen molar-refractivity contribution in [3.8, 4) is 0 Å². The minimum Gasteiger partial charge on any atom is -0.478 e. The second-order valence-electron chi connectivity index (χ2n) is 4.74. The van der Waals surface area contributed by atoms with Crippen molar-refractivity contribution >= 4 is 27.6 Å². The average molecular weight is 355 g/mol. The summed E-state index contributed by atoms with van der Waals surface area (Å²) in [7, 11) is -3.92. The Bertz CT molecular complexity index is 809. The Hall–Kier alpha value is -1.96. The van der Waals surface area contributed by atoms with Crippen LogP contribution in [0.2, 0.25) is 5.02 Å². The molecule has 23 heavy (non-hydrogen) atoms. The van der Waals surface area contributed by atoms with Crippen molar-refractivity contribution in [2.24, 2.45) is 0 Å². The molecule has 0 saturated carbocycles. The third-order valence-corrected chi connectivity index (χ3v) is 5.66. The van der Waals surface area contributed by atoms with Gasteiger partial charge in [-0.25, -0.2) is 13.2 Å². The van der Waals surface area contributed by atoms with E-state index in [0.717, 1.165) is 11.6 Å². The van der Waals surface area contributed by atoms with Crippen LogP contribution in [-0.2, 0) is 16.6 Å². The first-order valence-electron chi connectivity index (χ1n) is 6.78. The molecule has 0 unspecified atom stereocenters. The van der Waals surface area contributed by atoms with Gasteiger partial charge in [-0.05, 0) is 35.9 Å². The molecular weight excluding hydrogens is 340 g/mol. The van der Waals surface area contributed by atoms with Crippen LogP contribution in [0.25, 0.3) is 0 Å². The van der Waals surface area contributed by atoms with E-state index < -0.39 is 16.0 Å². The van der Waals surface area contributed by atoms with E-state index in [0.29, 0.717) is 0 Å². The first-order chi connectivity index (χ1) is 10.9. The van der Waals surface area contributed by atoms with Gasteiger partial charge >= 0.3 is 5.97 Å². The highest BCUT2D eigenvalue weighted by molar-refractivity contribution is 7.89. The van der Waals surface area contributed by atoms with Crippen LogP contribution in [-0.4, -0.2) is 35.3 Å². The van der Waals surface area contributed by atoms with Gasteiger partial charge in [0.25, 0.3) is 0 Å². The van der Waals surface area contributed by atoms with Crippen molar-refractivity contribution in [2.75, 3.05) is 6.54 Å².